The van der Waals surface area contributed by atoms with Gasteiger partial charge in [0.1, 0.15) is 0 Å². The van der Waals surface area contributed by atoms with Crippen molar-refractivity contribution in [1.29, 1.82) is 0 Å². The van der Waals surface area contributed by atoms with Gasteiger partial charge in [0.2, 0.25) is 0 Å². The summed E-state index contributed by atoms with van der Waals surface area (Å²) >= 11 is 0. The second-order valence-corrected chi connectivity index (χ2v) is 7.81. The minimum atomic E-state index is -3.01. The summed E-state index contributed by atoms with van der Waals surface area (Å²) in [6, 6.07) is 6.22. The first-order valence-electron chi connectivity index (χ1n) is 6.77. The Morgan fingerprint density at radius 1 is 1.42 bits per heavy atom. The fourth-order valence-electron chi connectivity index (χ4n) is 3.33. The number of benzene rings is 1. The lowest BCUT2D eigenvalue weighted by Crippen LogP contribution is -2.20. The van der Waals surface area contributed by atoms with Gasteiger partial charge in [0.15, 0.2) is 9.84 Å². The maximum Gasteiger partial charge on any atom is 0.178 e. The standard InChI is InChI=1S/C14H20N2O2S/c1-16-9-10(8-15)6-13(16)11-2-3-14-12(7-11)4-5-19(14,17)18/h2-3,7,10,13H,4-6,8-9,15H2,1H3. The second kappa shape index (κ2) is 4.58. The van der Waals surface area contributed by atoms with Crippen LogP contribution >= 0.6 is 0 Å². The van der Waals surface area contributed by atoms with E-state index in [1.165, 1.54) is 5.56 Å². The Kier molecular flexibility index (Phi) is 3.15. The van der Waals surface area contributed by atoms with Crippen LogP contribution in [0.2, 0.25) is 0 Å². The highest BCUT2D eigenvalue weighted by atomic mass is 32.2. The van der Waals surface area contributed by atoms with E-state index < -0.39 is 9.84 Å². The molecule has 1 saturated heterocycles. The number of aryl methyl sites for hydroxylation is 1. The van der Waals surface area contributed by atoms with Gasteiger partial charge in [0.25, 0.3) is 0 Å². The summed E-state index contributed by atoms with van der Waals surface area (Å²) in [6.07, 6.45) is 1.72. The number of hydrogen-bond donors (Lipinski definition) is 1. The van der Waals surface area contributed by atoms with Gasteiger partial charge in [-0.25, -0.2) is 8.42 Å². The summed E-state index contributed by atoms with van der Waals surface area (Å²) in [6.45, 7) is 1.75. The van der Waals surface area contributed by atoms with E-state index in [4.69, 9.17) is 5.73 Å². The van der Waals surface area contributed by atoms with E-state index in [9.17, 15) is 8.42 Å². The Labute approximate surface area is 114 Å². The topological polar surface area (TPSA) is 63.4 Å². The third kappa shape index (κ3) is 2.20. The molecular formula is C14H20N2O2S. The molecule has 104 valence electrons. The van der Waals surface area contributed by atoms with E-state index in [2.05, 4.69) is 18.0 Å². The molecule has 2 atom stereocenters. The van der Waals surface area contributed by atoms with Crippen molar-refractivity contribution < 1.29 is 8.42 Å². The SMILES string of the molecule is CN1CC(CN)CC1c1ccc2c(c1)CCS2(=O)=O. The Balaban J connectivity index is 1.92. The van der Waals surface area contributed by atoms with Crippen molar-refractivity contribution in [3.05, 3.63) is 29.3 Å². The maximum atomic E-state index is 11.8. The molecule has 3 rings (SSSR count). The van der Waals surface area contributed by atoms with E-state index in [1.54, 1.807) is 6.07 Å². The molecule has 1 aromatic carbocycles. The molecule has 19 heavy (non-hydrogen) atoms. The Hall–Kier alpha value is -0.910. The Morgan fingerprint density at radius 2 is 2.21 bits per heavy atom. The number of sulfone groups is 1. The van der Waals surface area contributed by atoms with Crippen molar-refractivity contribution in [3.8, 4) is 0 Å². The summed E-state index contributed by atoms with van der Waals surface area (Å²) < 4.78 is 23.6. The lowest BCUT2D eigenvalue weighted by Gasteiger charge is -2.20. The summed E-state index contributed by atoms with van der Waals surface area (Å²) in [5.41, 5.74) is 7.97. The van der Waals surface area contributed by atoms with Gasteiger partial charge in [-0.15, -0.1) is 0 Å². The van der Waals surface area contributed by atoms with Crippen molar-refractivity contribution >= 4 is 9.84 Å². The minimum absolute atomic E-state index is 0.262. The van der Waals surface area contributed by atoms with Gasteiger partial charge < -0.3 is 5.73 Å². The summed E-state index contributed by atoms with van der Waals surface area (Å²) in [7, 11) is -0.893. The molecule has 0 aromatic heterocycles. The van der Waals surface area contributed by atoms with Crippen LogP contribution in [0.15, 0.2) is 23.1 Å². The third-order valence-corrected chi connectivity index (χ3v) is 6.22. The highest BCUT2D eigenvalue weighted by Gasteiger charge is 2.32. The molecule has 0 radical (unpaired) electrons. The quantitative estimate of drug-likeness (QED) is 0.877. The lowest BCUT2D eigenvalue weighted by atomic mass is 9.98. The van der Waals surface area contributed by atoms with E-state index in [1.807, 2.05) is 6.07 Å². The monoisotopic (exact) mass is 280 g/mol. The molecule has 0 amide bonds. The van der Waals surface area contributed by atoms with Crippen molar-refractivity contribution in [2.45, 2.75) is 23.8 Å². The minimum Gasteiger partial charge on any atom is -0.330 e. The average molecular weight is 280 g/mol. The summed E-state index contributed by atoms with van der Waals surface area (Å²) in [5, 5.41) is 0. The van der Waals surface area contributed by atoms with Crippen molar-refractivity contribution in [2.24, 2.45) is 11.7 Å². The summed E-state index contributed by atoms with van der Waals surface area (Å²) in [5.74, 6) is 0.810. The predicted molar refractivity (Wildman–Crippen MR) is 74.7 cm³/mol. The molecule has 2 aliphatic rings. The molecule has 0 aliphatic carbocycles. The molecule has 2 N–H and O–H groups in total. The van der Waals surface area contributed by atoms with Gasteiger partial charge in [0, 0.05) is 12.6 Å². The second-order valence-electron chi connectivity index (χ2n) is 5.73. The fraction of sp³-hybridized carbons (Fsp3) is 0.571. The molecular weight excluding hydrogens is 260 g/mol. The maximum absolute atomic E-state index is 11.8. The smallest absolute Gasteiger partial charge is 0.178 e. The zero-order valence-electron chi connectivity index (χ0n) is 11.2. The Morgan fingerprint density at radius 3 is 2.89 bits per heavy atom. The first-order valence-corrected chi connectivity index (χ1v) is 8.42. The lowest BCUT2D eigenvalue weighted by molar-refractivity contribution is 0.313. The Bertz CT molecular complexity index is 597. The van der Waals surface area contributed by atoms with E-state index in [0.717, 1.165) is 25.1 Å². The van der Waals surface area contributed by atoms with Crippen LogP contribution < -0.4 is 5.73 Å². The zero-order valence-corrected chi connectivity index (χ0v) is 12.0. The third-order valence-electron chi connectivity index (χ3n) is 4.41. The van der Waals surface area contributed by atoms with Gasteiger partial charge in [0.05, 0.1) is 10.6 Å². The normalized spacial score (nSPS) is 29.6. The first kappa shape index (κ1) is 13.1. The predicted octanol–water partition coefficient (Wildman–Crippen LogP) is 0.968. The van der Waals surface area contributed by atoms with Gasteiger partial charge >= 0.3 is 0 Å². The molecule has 0 bridgehead atoms. The number of rotatable bonds is 2. The number of hydrogen-bond acceptors (Lipinski definition) is 4. The van der Waals surface area contributed by atoms with Crippen molar-refractivity contribution in [3.63, 3.8) is 0 Å². The van der Waals surface area contributed by atoms with Crippen LogP contribution in [-0.4, -0.2) is 39.2 Å². The highest BCUT2D eigenvalue weighted by molar-refractivity contribution is 7.91. The van der Waals surface area contributed by atoms with Crippen LogP contribution in [0.3, 0.4) is 0 Å². The van der Waals surface area contributed by atoms with Gasteiger partial charge in [-0.05, 0) is 49.5 Å². The molecule has 0 saturated carbocycles. The van der Waals surface area contributed by atoms with E-state index in [-0.39, 0.29) is 5.75 Å². The molecule has 2 unspecified atom stereocenters. The van der Waals surface area contributed by atoms with Crippen LogP contribution in [-0.2, 0) is 16.3 Å². The molecule has 4 nitrogen and oxygen atoms in total. The van der Waals surface area contributed by atoms with Crippen LogP contribution in [0.25, 0.3) is 0 Å². The first-order chi connectivity index (χ1) is 9.01. The number of nitrogens with two attached hydrogens (primary N) is 1. The van der Waals surface area contributed by atoms with E-state index in [0.29, 0.717) is 23.3 Å². The molecule has 2 aliphatic heterocycles. The highest BCUT2D eigenvalue weighted by Crippen LogP contribution is 2.36. The van der Waals surface area contributed by atoms with Crippen LogP contribution in [0, 0.1) is 5.92 Å². The molecule has 0 spiro atoms. The molecule has 1 fully saturated rings. The number of likely N-dealkylation sites (tertiary alicyclic amines) is 1. The summed E-state index contributed by atoms with van der Waals surface area (Å²) in [4.78, 5) is 2.86. The number of nitrogens with zero attached hydrogens (tertiary/aromatic N) is 1. The fourth-order valence-corrected chi connectivity index (χ4v) is 4.87. The van der Waals surface area contributed by atoms with Crippen LogP contribution in [0.5, 0.6) is 0 Å². The molecule has 1 aromatic rings. The van der Waals surface area contributed by atoms with Gasteiger partial charge in [-0.3, -0.25) is 4.90 Å². The van der Waals surface area contributed by atoms with Crippen molar-refractivity contribution in [1.82, 2.24) is 4.90 Å². The molecule has 5 heteroatoms. The zero-order chi connectivity index (χ0) is 13.6. The molecule has 2 heterocycles. The van der Waals surface area contributed by atoms with Gasteiger partial charge in [-0.1, -0.05) is 12.1 Å². The van der Waals surface area contributed by atoms with E-state index >= 15 is 0 Å². The van der Waals surface area contributed by atoms with Gasteiger partial charge in [-0.2, -0.15) is 0 Å². The average Bonchev–Trinajstić information content (AvgIpc) is 2.90. The number of fused-ring (bicyclic) bond motifs is 1. The van der Waals surface area contributed by atoms with Crippen molar-refractivity contribution in [2.75, 3.05) is 25.9 Å². The largest absolute Gasteiger partial charge is 0.330 e. The van der Waals surface area contributed by atoms with Crippen LogP contribution in [0.1, 0.15) is 23.6 Å². The van der Waals surface area contributed by atoms with Crippen LogP contribution in [0.4, 0.5) is 0 Å².